The van der Waals surface area contributed by atoms with Crippen molar-refractivity contribution < 1.29 is 64.3 Å². The summed E-state index contributed by atoms with van der Waals surface area (Å²) in [5.74, 6) is 0. The summed E-state index contributed by atoms with van der Waals surface area (Å²) in [5.41, 5.74) is 13.8. The second-order valence-corrected chi connectivity index (χ2v) is 3.98. The molecule has 90 valence electrons. The number of halogens is 3. The van der Waals surface area contributed by atoms with Crippen LogP contribution in [0.5, 0.6) is 0 Å². The van der Waals surface area contributed by atoms with Gasteiger partial charge in [-0.05, 0) is 30.5 Å². The Morgan fingerprint density at radius 3 is 2.00 bits per heavy atom. The van der Waals surface area contributed by atoms with Gasteiger partial charge in [-0.25, -0.2) is 0 Å². The Morgan fingerprint density at radius 2 is 1.59 bits per heavy atom. The normalized spacial score (nSPS) is 11.2. The van der Waals surface area contributed by atoms with E-state index < -0.39 is 13.3 Å². The van der Waals surface area contributed by atoms with E-state index in [9.17, 15) is 12.9 Å². The topological polar surface area (TPSA) is 52.0 Å². The Hall–Kier alpha value is 0.471. The predicted octanol–water partition coefficient (Wildman–Crippen LogP) is -0.723. The van der Waals surface area contributed by atoms with Crippen LogP contribution in [0.25, 0.3) is 0 Å². The van der Waals surface area contributed by atoms with E-state index in [0.717, 1.165) is 5.56 Å². The van der Waals surface area contributed by atoms with E-state index in [2.05, 4.69) is 0 Å². The van der Waals surface area contributed by atoms with Gasteiger partial charge in [-0.2, -0.15) is 0 Å². The van der Waals surface area contributed by atoms with Crippen LogP contribution >= 0.6 is 0 Å². The molecule has 0 saturated carbocycles. The van der Waals surface area contributed by atoms with Crippen LogP contribution < -0.4 is 62.9 Å². The number of hydrogen-bond acceptors (Lipinski definition) is 2. The molecule has 0 fully saturated rings. The minimum Gasteiger partial charge on any atom is -0.449 e. The molecule has 0 spiro atoms. The first kappa shape index (κ1) is 17.5. The summed E-state index contributed by atoms with van der Waals surface area (Å²) in [4.78, 5) is 0. The summed E-state index contributed by atoms with van der Waals surface area (Å²) >= 11 is 0. The molecule has 17 heavy (non-hydrogen) atoms. The van der Waals surface area contributed by atoms with Crippen molar-refractivity contribution in [2.24, 2.45) is 5.73 Å². The molecule has 1 aromatic carbocycles. The van der Waals surface area contributed by atoms with Gasteiger partial charge in [-0.15, -0.1) is 0 Å². The minimum atomic E-state index is -4.84. The second kappa shape index (κ2) is 6.58. The Kier molecular flexibility index (Phi) is 6.77. The van der Waals surface area contributed by atoms with E-state index in [1.165, 1.54) is 6.07 Å². The van der Waals surface area contributed by atoms with Gasteiger partial charge in [0, 0.05) is 12.2 Å². The second-order valence-electron chi connectivity index (χ2n) is 3.98. The molecule has 0 aliphatic rings. The zero-order valence-corrected chi connectivity index (χ0v) is 13.5. The van der Waals surface area contributed by atoms with Crippen LogP contribution in [-0.4, -0.2) is 6.98 Å². The van der Waals surface area contributed by atoms with E-state index in [0.29, 0.717) is 16.8 Å². The first-order valence-electron chi connectivity index (χ1n) is 5.04. The van der Waals surface area contributed by atoms with Crippen LogP contribution in [0.1, 0.15) is 22.3 Å². The third-order valence-corrected chi connectivity index (χ3v) is 2.79. The zero-order chi connectivity index (χ0) is 12.5. The van der Waals surface area contributed by atoms with Gasteiger partial charge >= 0.3 is 58.4 Å². The first-order chi connectivity index (χ1) is 7.26. The maximum Gasteiger partial charge on any atom is 1.00 e. The average molecular weight is 270 g/mol. The van der Waals surface area contributed by atoms with Gasteiger partial charge in [0.25, 0.3) is 0 Å². The van der Waals surface area contributed by atoms with Crippen molar-refractivity contribution in [2.45, 2.75) is 26.7 Å². The summed E-state index contributed by atoms with van der Waals surface area (Å²) in [6, 6.07) is 1.51. The number of nitrogens with two attached hydrogens (primary N) is 2. The SMILES string of the molecule is Cc1c(CN)cc(C[B-](F)(F)F)c(C)c1N.[K+]. The molecule has 0 saturated heterocycles. The number of anilines is 1. The van der Waals surface area contributed by atoms with Crippen LogP contribution in [-0.2, 0) is 12.9 Å². The summed E-state index contributed by atoms with van der Waals surface area (Å²) in [6.45, 7) is -1.26. The molecule has 7 heteroatoms. The maximum absolute atomic E-state index is 12.4. The van der Waals surface area contributed by atoms with Crippen LogP contribution in [0, 0.1) is 13.8 Å². The quantitative estimate of drug-likeness (QED) is 0.562. The molecule has 0 heterocycles. The van der Waals surface area contributed by atoms with Crippen LogP contribution in [0.2, 0.25) is 0 Å². The molecule has 4 N–H and O–H groups in total. The number of hydrogen-bond donors (Lipinski definition) is 2. The van der Waals surface area contributed by atoms with E-state index in [-0.39, 0.29) is 63.5 Å². The predicted molar refractivity (Wildman–Crippen MR) is 61.0 cm³/mol. The van der Waals surface area contributed by atoms with Crippen molar-refractivity contribution in [1.82, 2.24) is 0 Å². The molecular formula is C10H15BF3KN2. The fourth-order valence-corrected chi connectivity index (χ4v) is 1.73. The van der Waals surface area contributed by atoms with Crippen molar-refractivity contribution in [1.29, 1.82) is 0 Å². The van der Waals surface area contributed by atoms with Gasteiger partial charge in [0.2, 0.25) is 0 Å². The zero-order valence-electron chi connectivity index (χ0n) is 10.4. The van der Waals surface area contributed by atoms with Gasteiger partial charge in [-0.3, -0.25) is 0 Å². The van der Waals surface area contributed by atoms with E-state index in [4.69, 9.17) is 11.5 Å². The molecule has 0 radical (unpaired) electrons. The van der Waals surface area contributed by atoms with Gasteiger partial charge in [0.15, 0.2) is 0 Å². The Balaban J connectivity index is 0.00000256. The first-order valence-corrected chi connectivity index (χ1v) is 5.04. The van der Waals surface area contributed by atoms with E-state index in [1.807, 2.05) is 0 Å². The van der Waals surface area contributed by atoms with Gasteiger partial charge in [0.1, 0.15) is 0 Å². The van der Waals surface area contributed by atoms with Crippen molar-refractivity contribution in [2.75, 3.05) is 5.73 Å². The summed E-state index contributed by atoms with van der Waals surface area (Å²) in [6.07, 6.45) is -0.899. The van der Waals surface area contributed by atoms with Gasteiger partial charge < -0.3 is 24.4 Å². The number of rotatable bonds is 3. The molecule has 0 aliphatic heterocycles. The van der Waals surface area contributed by atoms with Crippen molar-refractivity contribution >= 4 is 12.7 Å². The fourth-order valence-electron chi connectivity index (χ4n) is 1.73. The van der Waals surface area contributed by atoms with E-state index >= 15 is 0 Å². The number of nitrogen functional groups attached to an aromatic ring is 1. The molecule has 0 aromatic heterocycles. The van der Waals surface area contributed by atoms with Gasteiger partial charge in [0.05, 0.1) is 0 Å². The fraction of sp³-hybridized carbons (Fsp3) is 0.400. The molecule has 0 bridgehead atoms. The van der Waals surface area contributed by atoms with Crippen molar-refractivity contribution in [3.05, 3.63) is 28.3 Å². The van der Waals surface area contributed by atoms with Crippen LogP contribution in [0.15, 0.2) is 6.07 Å². The third-order valence-electron chi connectivity index (χ3n) is 2.79. The van der Waals surface area contributed by atoms with Gasteiger partial charge in [-0.1, -0.05) is 17.9 Å². The summed E-state index contributed by atoms with van der Waals surface area (Å²) in [5, 5.41) is 0. The summed E-state index contributed by atoms with van der Waals surface area (Å²) in [7, 11) is 0. The molecular weight excluding hydrogens is 255 g/mol. The molecule has 1 rings (SSSR count). The monoisotopic (exact) mass is 270 g/mol. The van der Waals surface area contributed by atoms with E-state index in [1.54, 1.807) is 13.8 Å². The smallest absolute Gasteiger partial charge is 0.449 e. The molecule has 0 unspecified atom stereocenters. The maximum atomic E-state index is 12.4. The van der Waals surface area contributed by atoms with Crippen molar-refractivity contribution in [3.8, 4) is 0 Å². The Labute approximate surface area is 142 Å². The largest absolute Gasteiger partial charge is 1.00 e. The molecule has 0 amide bonds. The Morgan fingerprint density at radius 1 is 1.12 bits per heavy atom. The van der Waals surface area contributed by atoms with Crippen LogP contribution in [0.4, 0.5) is 18.6 Å². The molecule has 0 aliphatic carbocycles. The Bertz CT molecular complexity index is 408. The van der Waals surface area contributed by atoms with Crippen molar-refractivity contribution in [3.63, 3.8) is 0 Å². The standard InChI is InChI=1S/C10H15BF3N2.K/c1-6-8(4-11(12,13)14)3-9(5-15)7(2)10(6)16;/h3H,4-5,15-16H2,1-2H3;/q-1;+1. The molecule has 2 nitrogen and oxygen atoms in total. The number of benzene rings is 1. The minimum absolute atomic E-state index is 0. The third kappa shape index (κ3) is 4.57. The summed E-state index contributed by atoms with van der Waals surface area (Å²) < 4.78 is 37.1. The molecule has 1 aromatic rings. The van der Waals surface area contributed by atoms with Crippen LogP contribution in [0.3, 0.4) is 0 Å². The molecule has 0 atom stereocenters. The average Bonchev–Trinajstić information content (AvgIpc) is 2.17.